The largest absolute Gasteiger partial charge is 0.416 e. The first-order chi connectivity index (χ1) is 9.79. The smallest absolute Gasteiger partial charge is 0.324 e. The molecule has 0 saturated heterocycles. The maximum Gasteiger partial charge on any atom is 0.416 e. The molecule has 2 aromatic carbocycles. The van der Waals surface area contributed by atoms with Gasteiger partial charge in [-0.25, -0.2) is 0 Å². The Morgan fingerprint density at radius 1 is 1.14 bits per heavy atom. The summed E-state index contributed by atoms with van der Waals surface area (Å²) in [7, 11) is 0. The van der Waals surface area contributed by atoms with Crippen LogP contribution in [-0.2, 0) is 12.6 Å². The first-order valence-electron chi connectivity index (χ1n) is 6.46. The lowest BCUT2D eigenvalue weighted by atomic mass is 9.97. The zero-order valence-electron chi connectivity index (χ0n) is 11.4. The zero-order chi connectivity index (χ0) is 15.6. The molecule has 112 valence electrons. The number of hydrogen-bond donors (Lipinski definition) is 1. The number of alkyl halides is 3. The van der Waals surface area contributed by atoms with Crippen LogP contribution in [0.15, 0.2) is 42.5 Å². The molecular formula is C16H15F3IN. The van der Waals surface area contributed by atoms with Gasteiger partial charge >= 0.3 is 6.18 Å². The molecule has 0 aliphatic carbocycles. The van der Waals surface area contributed by atoms with E-state index < -0.39 is 11.7 Å². The Bertz CT molecular complexity index is 638. The molecule has 2 rings (SSSR count). The van der Waals surface area contributed by atoms with Crippen molar-refractivity contribution in [3.8, 4) is 0 Å². The monoisotopic (exact) mass is 405 g/mol. The third-order valence-corrected chi connectivity index (χ3v) is 4.80. The number of halogens is 4. The van der Waals surface area contributed by atoms with E-state index in [2.05, 4.69) is 22.6 Å². The number of nitrogens with two attached hydrogens (primary N) is 1. The molecule has 2 N–H and O–H groups in total. The van der Waals surface area contributed by atoms with Gasteiger partial charge in [0.15, 0.2) is 0 Å². The van der Waals surface area contributed by atoms with E-state index in [9.17, 15) is 13.2 Å². The van der Waals surface area contributed by atoms with Crippen molar-refractivity contribution in [2.45, 2.75) is 25.6 Å². The third-order valence-electron chi connectivity index (χ3n) is 3.33. The van der Waals surface area contributed by atoms with E-state index in [-0.39, 0.29) is 6.04 Å². The van der Waals surface area contributed by atoms with Crippen LogP contribution in [0.25, 0.3) is 0 Å². The standard InChI is InChI=1S/C16H15F3IN/c1-10-4-2-7-13(15(10)20)14(21)9-11-5-3-6-12(8-11)16(17,18)19/h2-8,14H,9,21H2,1H3. The molecule has 1 atom stereocenters. The average Bonchev–Trinajstić information content (AvgIpc) is 2.41. The minimum absolute atomic E-state index is 0.319. The molecule has 0 bridgehead atoms. The van der Waals surface area contributed by atoms with Crippen LogP contribution in [-0.4, -0.2) is 0 Å². The first kappa shape index (κ1) is 16.3. The molecule has 0 fully saturated rings. The summed E-state index contributed by atoms with van der Waals surface area (Å²) in [5.41, 5.74) is 8.21. The van der Waals surface area contributed by atoms with Crippen molar-refractivity contribution in [2.24, 2.45) is 5.73 Å². The van der Waals surface area contributed by atoms with Gasteiger partial charge in [0.25, 0.3) is 0 Å². The Labute approximate surface area is 135 Å². The minimum atomic E-state index is -4.32. The lowest BCUT2D eigenvalue weighted by Crippen LogP contribution is -2.16. The van der Waals surface area contributed by atoms with E-state index >= 15 is 0 Å². The van der Waals surface area contributed by atoms with Gasteiger partial charge in [0, 0.05) is 9.61 Å². The van der Waals surface area contributed by atoms with E-state index in [4.69, 9.17) is 5.73 Å². The summed E-state index contributed by atoms with van der Waals surface area (Å²) >= 11 is 2.22. The highest BCUT2D eigenvalue weighted by Gasteiger charge is 2.30. The van der Waals surface area contributed by atoms with Crippen LogP contribution in [0.3, 0.4) is 0 Å². The Balaban J connectivity index is 2.24. The fourth-order valence-electron chi connectivity index (χ4n) is 2.20. The molecule has 2 aromatic rings. The summed E-state index contributed by atoms with van der Waals surface area (Å²) in [4.78, 5) is 0. The Kier molecular flexibility index (Phi) is 4.93. The normalized spacial score (nSPS) is 13.2. The molecule has 0 spiro atoms. The minimum Gasteiger partial charge on any atom is -0.324 e. The summed E-state index contributed by atoms with van der Waals surface area (Å²) in [5.74, 6) is 0. The van der Waals surface area contributed by atoms with Gasteiger partial charge in [-0.15, -0.1) is 0 Å². The molecule has 5 heteroatoms. The predicted octanol–water partition coefficient (Wildman–Crippen LogP) is 4.86. The van der Waals surface area contributed by atoms with Gasteiger partial charge in [-0.2, -0.15) is 13.2 Å². The molecule has 21 heavy (non-hydrogen) atoms. The molecule has 1 unspecified atom stereocenters. The fourth-order valence-corrected chi connectivity index (χ4v) is 2.95. The number of rotatable bonds is 3. The van der Waals surface area contributed by atoms with Crippen LogP contribution in [0.4, 0.5) is 13.2 Å². The lowest BCUT2D eigenvalue weighted by molar-refractivity contribution is -0.137. The molecule has 0 aromatic heterocycles. The maximum absolute atomic E-state index is 12.7. The first-order valence-corrected chi connectivity index (χ1v) is 7.53. The van der Waals surface area contributed by atoms with Gasteiger partial charge < -0.3 is 5.73 Å². The van der Waals surface area contributed by atoms with E-state index in [0.29, 0.717) is 12.0 Å². The molecule has 0 amide bonds. The number of benzene rings is 2. The Morgan fingerprint density at radius 3 is 2.48 bits per heavy atom. The van der Waals surface area contributed by atoms with E-state index in [0.717, 1.165) is 20.8 Å². The van der Waals surface area contributed by atoms with Gasteiger partial charge in [0.1, 0.15) is 0 Å². The number of aryl methyl sites for hydroxylation is 1. The molecule has 0 aliphatic rings. The van der Waals surface area contributed by atoms with Crippen molar-refractivity contribution >= 4 is 22.6 Å². The maximum atomic E-state index is 12.7. The highest BCUT2D eigenvalue weighted by atomic mass is 127. The van der Waals surface area contributed by atoms with Crippen LogP contribution in [0.2, 0.25) is 0 Å². The summed E-state index contributed by atoms with van der Waals surface area (Å²) in [6.07, 6.45) is -3.94. The molecule has 0 heterocycles. The van der Waals surface area contributed by atoms with Crippen molar-refractivity contribution in [3.05, 3.63) is 68.3 Å². The molecular weight excluding hydrogens is 390 g/mol. The van der Waals surface area contributed by atoms with Gasteiger partial charge in [-0.3, -0.25) is 0 Å². The van der Waals surface area contributed by atoms with Gasteiger partial charge in [0.2, 0.25) is 0 Å². The van der Waals surface area contributed by atoms with Crippen LogP contribution in [0.5, 0.6) is 0 Å². The van der Waals surface area contributed by atoms with Crippen molar-refractivity contribution in [1.82, 2.24) is 0 Å². The fraction of sp³-hybridized carbons (Fsp3) is 0.250. The quantitative estimate of drug-likeness (QED) is 0.726. The van der Waals surface area contributed by atoms with Crippen molar-refractivity contribution < 1.29 is 13.2 Å². The topological polar surface area (TPSA) is 26.0 Å². The molecule has 1 nitrogen and oxygen atoms in total. The second-order valence-electron chi connectivity index (χ2n) is 4.99. The zero-order valence-corrected chi connectivity index (χ0v) is 13.6. The van der Waals surface area contributed by atoms with E-state index in [1.807, 2.05) is 25.1 Å². The lowest BCUT2D eigenvalue weighted by Gasteiger charge is -2.16. The SMILES string of the molecule is Cc1cccc(C(N)Cc2cccc(C(F)(F)F)c2)c1I. The molecule has 0 radical (unpaired) electrons. The second-order valence-corrected chi connectivity index (χ2v) is 6.07. The second kappa shape index (κ2) is 6.36. The summed E-state index contributed by atoms with van der Waals surface area (Å²) < 4.78 is 39.2. The average molecular weight is 405 g/mol. The van der Waals surface area contributed by atoms with Crippen molar-refractivity contribution in [1.29, 1.82) is 0 Å². The molecule has 0 aliphatic heterocycles. The van der Waals surface area contributed by atoms with Crippen molar-refractivity contribution in [3.63, 3.8) is 0 Å². The molecule has 0 saturated carbocycles. The van der Waals surface area contributed by atoms with Crippen LogP contribution in [0.1, 0.15) is 28.3 Å². The number of hydrogen-bond acceptors (Lipinski definition) is 1. The third kappa shape index (κ3) is 3.97. The van der Waals surface area contributed by atoms with Crippen molar-refractivity contribution in [2.75, 3.05) is 0 Å². The van der Waals surface area contributed by atoms with Gasteiger partial charge in [0.05, 0.1) is 5.56 Å². The van der Waals surface area contributed by atoms with Crippen LogP contribution in [0, 0.1) is 10.5 Å². The van der Waals surface area contributed by atoms with Gasteiger partial charge in [-0.1, -0.05) is 36.4 Å². The summed E-state index contributed by atoms with van der Waals surface area (Å²) in [6, 6.07) is 10.9. The predicted molar refractivity (Wildman–Crippen MR) is 86.0 cm³/mol. The summed E-state index contributed by atoms with van der Waals surface area (Å²) in [6.45, 7) is 1.99. The highest BCUT2D eigenvalue weighted by molar-refractivity contribution is 14.1. The Morgan fingerprint density at radius 2 is 1.81 bits per heavy atom. The van der Waals surface area contributed by atoms with E-state index in [1.165, 1.54) is 12.1 Å². The van der Waals surface area contributed by atoms with E-state index in [1.54, 1.807) is 6.07 Å². The van der Waals surface area contributed by atoms with Crippen LogP contribution < -0.4 is 5.73 Å². The highest BCUT2D eigenvalue weighted by Crippen LogP contribution is 2.31. The van der Waals surface area contributed by atoms with Crippen LogP contribution >= 0.6 is 22.6 Å². The van der Waals surface area contributed by atoms with Gasteiger partial charge in [-0.05, 0) is 58.7 Å². The summed E-state index contributed by atoms with van der Waals surface area (Å²) in [5, 5.41) is 0. The Hall–Kier alpha value is -1.08.